The molecule has 0 radical (unpaired) electrons. The minimum Gasteiger partial charge on any atom is -0.497 e. The summed E-state index contributed by atoms with van der Waals surface area (Å²) >= 11 is 3.52. The molecule has 0 N–H and O–H groups in total. The molecule has 128 valence electrons. The fourth-order valence-electron chi connectivity index (χ4n) is 3.50. The maximum Gasteiger partial charge on any atom is 0.166 e. The monoisotopic (exact) mass is 394 g/mol. The van der Waals surface area contributed by atoms with Gasteiger partial charge in [-0.3, -0.25) is 0 Å². The summed E-state index contributed by atoms with van der Waals surface area (Å²) in [5.74, 6) is 0.0399. The molecule has 1 aliphatic carbocycles. The standard InChI is InChI=1S/C20H21BrF2O/c1-24-16-8-6-15(7-9-16)18-11-10-17(19(22)20(18)23)14-4-2-13(12-21)3-5-14/h6-11,13-14H,2-5,12H2,1H3/t13-,14-. The molecular formula is C20H21BrF2O. The van der Waals surface area contributed by atoms with E-state index >= 15 is 0 Å². The van der Waals surface area contributed by atoms with Crippen molar-refractivity contribution >= 4 is 15.9 Å². The van der Waals surface area contributed by atoms with Crippen molar-refractivity contribution in [2.75, 3.05) is 12.4 Å². The summed E-state index contributed by atoms with van der Waals surface area (Å²) in [6.07, 6.45) is 3.98. The van der Waals surface area contributed by atoms with Crippen LogP contribution in [-0.4, -0.2) is 12.4 Å². The van der Waals surface area contributed by atoms with Gasteiger partial charge >= 0.3 is 0 Å². The molecule has 0 atom stereocenters. The molecule has 3 rings (SSSR count). The van der Waals surface area contributed by atoms with Crippen molar-refractivity contribution in [2.45, 2.75) is 31.6 Å². The molecule has 0 spiro atoms. The van der Waals surface area contributed by atoms with Gasteiger partial charge in [-0.1, -0.05) is 40.2 Å². The van der Waals surface area contributed by atoms with Crippen molar-refractivity contribution in [3.63, 3.8) is 0 Å². The van der Waals surface area contributed by atoms with Crippen LogP contribution in [0.15, 0.2) is 36.4 Å². The first-order valence-corrected chi connectivity index (χ1v) is 9.44. The van der Waals surface area contributed by atoms with E-state index in [4.69, 9.17) is 4.74 Å². The van der Waals surface area contributed by atoms with Crippen molar-refractivity contribution in [3.05, 3.63) is 53.6 Å². The topological polar surface area (TPSA) is 9.23 Å². The molecule has 0 amide bonds. The van der Waals surface area contributed by atoms with Crippen LogP contribution in [0.25, 0.3) is 11.1 Å². The highest BCUT2D eigenvalue weighted by Crippen LogP contribution is 2.39. The van der Waals surface area contributed by atoms with Gasteiger partial charge in [0.05, 0.1) is 7.11 Å². The van der Waals surface area contributed by atoms with Gasteiger partial charge in [-0.25, -0.2) is 8.78 Å². The van der Waals surface area contributed by atoms with Crippen molar-refractivity contribution in [1.29, 1.82) is 0 Å². The second kappa shape index (κ2) is 7.64. The number of alkyl halides is 1. The van der Waals surface area contributed by atoms with Crippen molar-refractivity contribution in [3.8, 4) is 16.9 Å². The van der Waals surface area contributed by atoms with Crippen LogP contribution in [0.2, 0.25) is 0 Å². The summed E-state index contributed by atoms with van der Waals surface area (Å²) in [6.45, 7) is 0. The highest BCUT2D eigenvalue weighted by atomic mass is 79.9. The van der Waals surface area contributed by atoms with Crippen LogP contribution in [0.5, 0.6) is 5.75 Å². The molecule has 0 aliphatic heterocycles. The average Bonchev–Trinajstić information content (AvgIpc) is 2.64. The number of halogens is 3. The average molecular weight is 395 g/mol. The van der Waals surface area contributed by atoms with E-state index < -0.39 is 11.6 Å². The fraction of sp³-hybridized carbons (Fsp3) is 0.400. The largest absolute Gasteiger partial charge is 0.497 e. The van der Waals surface area contributed by atoms with Crippen LogP contribution >= 0.6 is 15.9 Å². The summed E-state index contributed by atoms with van der Waals surface area (Å²) in [5, 5.41) is 0.993. The molecule has 4 heteroatoms. The maximum atomic E-state index is 14.6. The number of benzene rings is 2. The lowest BCUT2D eigenvalue weighted by Gasteiger charge is -2.28. The van der Waals surface area contributed by atoms with Crippen LogP contribution in [0.3, 0.4) is 0 Å². The molecule has 0 unspecified atom stereocenters. The van der Waals surface area contributed by atoms with E-state index in [9.17, 15) is 8.78 Å². The molecule has 2 aromatic rings. The van der Waals surface area contributed by atoms with Gasteiger partial charge in [0, 0.05) is 10.9 Å². The first kappa shape index (κ1) is 17.4. The Morgan fingerprint density at radius 1 is 0.958 bits per heavy atom. The molecule has 24 heavy (non-hydrogen) atoms. The lowest BCUT2D eigenvalue weighted by atomic mass is 9.79. The van der Waals surface area contributed by atoms with Gasteiger partial charge in [0.2, 0.25) is 0 Å². The van der Waals surface area contributed by atoms with Crippen LogP contribution in [0.1, 0.15) is 37.2 Å². The molecule has 1 fully saturated rings. The van der Waals surface area contributed by atoms with Crippen LogP contribution < -0.4 is 4.74 Å². The minimum atomic E-state index is -0.750. The van der Waals surface area contributed by atoms with Crippen LogP contribution in [0, 0.1) is 17.6 Å². The lowest BCUT2D eigenvalue weighted by molar-refractivity contribution is 0.345. The molecule has 1 aliphatic rings. The second-order valence-corrected chi connectivity index (χ2v) is 7.08. The first-order valence-electron chi connectivity index (χ1n) is 8.32. The SMILES string of the molecule is COc1ccc(-c2ccc([C@H]3CC[C@H](CBr)CC3)c(F)c2F)cc1. The van der Waals surface area contributed by atoms with E-state index in [2.05, 4.69) is 15.9 Å². The summed E-state index contributed by atoms with van der Waals surface area (Å²) in [6, 6.07) is 10.5. The molecular weight excluding hydrogens is 374 g/mol. The smallest absolute Gasteiger partial charge is 0.166 e. The highest BCUT2D eigenvalue weighted by molar-refractivity contribution is 9.09. The molecule has 0 aromatic heterocycles. The summed E-state index contributed by atoms with van der Waals surface area (Å²) in [7, 11) is 1.58. The zero-order valence-electron chi connectivity index (χ0n) is 13.7. The zero-order chi connectivity index (χ0) is 17.1. The Bertz CT molecular complexity index is 692. The number of methoxy groups -OCH3 is 1. The van der Waals surface area contributed by atoms with Gasteiger partial charge in [-0.15, -0.1) is 0 Å². The van der Waals surface area contributed by atoms with Crippen LogP contribution in [-0.2, 0) is 0 Å². The molecule has 1 saturated carbocycles. The summed E-state index contributed by atoms with van der Waals surface area (Å²) < 4.78 is 34.4. The predicted octanol–water partition coefficient (Wildman–Crippen LogP) is 6.31. The van der Waals surface area contributed by atoms with Gasteiger partial charge in [0.25, 0.3) is 0 Å². The third-order valence-electron chi connectivity index (χ3n) is 5.02. The van der Waals surface area contributed by atoms with Gasteiger partial charge in [0.15, 0.2) is 11.6 Å². The molecule has 0 saturated heterocycles. The third-order valence-corrected chi connectivity index (χ3v) is 5.93. The third kappa shape index (κ3) is 3.49. The number of hydrogen-bond acceptors (Lipinski definition) is 1. The number of ether oxygens (including phenoxy) is 1. The summed E-state index contributed by atoms with van der Waals surface area (Å²) in [4.78, 5) is 0. The second-order valence-electron chi connectivity index (χ2n) is 6.43. The van der Waals surface area contributed by atoms with Crippen LogP contribution in [0.4, 0.5) is 8.78 Å². The Morgan fingerprint density at radius 2 is 1.62 bits per heavy atom. The normalized spacial score (nSPS) is 20.8. The van der Waals surface area contributed by atoms with E-state index in [1.165, 1.54) is 0 Å². The van der Waals surface area contributed by atoms with Gasteiger partial charge in [0.1, 0.15) is 5.75 Å². The van der Waals surface area contributed by atoms with Crippen molar-refractivity contribution in [1.82, 2.24) is 0 Å². The lowest BCUT2D eigenvalue weighted by Crippen LogP contribution is -2.15. The Hall–Kier alpha value is -1.42. The minimum absolute atomic E-state index is 0.125. The van der Waals surface area contributed by atoms with Gasteiger partial charge < -0.3 is 4.74 Å². The van der Waals surface area contributed by atoms with Gasteiger partial charge in [-0.2, -0.15) is 0 Å². The van der Waals surface area contributed by atoms with E-state index in [1.54, 1.807) is 43.5 Å². The van der Waals surface area contributed by atoms with Crippen molar-refractivity contribution < 1.29 is 13.5 Å². The fourth-order valence-corrected chi connectivity index (χ4v) is 4.15. The Labute approximate surface area is 150 Å². The Kier molecular flexibility index (Phi) is 5.54. The predicted molar refractivity (Wildman–Crippen MR) is 96.8 cm³/mol. The van der Waals surface area contributed by atoms with Gasteiger partial charge in [-0.05, 0) is 60.8 Å². The van der Waals surface area contributed by atoms with E-state index in [1.807, 2.05) is 0 Å². The zero-order valence-corrected chi connectivity index (χ0v) is 15.3. The quantitative estimate of drug-likeness (QED) is 0.552. The Morgan fingerprint density at radius 3 is 2.21 bits per heavy atom. The Balaban J connectivity index is 1.86. The van der Waals surface area contributed by atoms with E-state index in [-0.39, 0.29) is 5.92 Å². The number of rotatable bonds is 4. The van der Waals surface area contributed by atoms with E-state index in [0.29, 0.717) is 28.4 Å². The molecule has 2 aromatic carbocycles. The van der Waals surface area contributed by atoms with E-state index in [0.717, 1.165) is 31.0 Å². The highest BCUT2D eigenvalue weighted by Gasteiger charge is 2.26. The molecule has 0 heterocycles. The maximum absolute atomic E-state index is 14.6. The van der Waals surface area contributed by atoms with Crippen molar-refractivity contribution in [2.24, 2.45) is 5.92 Å². The summed E-state index contributed by atoms with van der Waals surface area (Å²) in [5.41, 5.74) is 1.48. The molecule has 0 bridgehead atoms. The molecule has 1 nitrogen and oxygen atoms in total. The first-order chi connectivity index (χ1) is 11.6. The number of hydrogen-bond donors (Lipinski definition) is 0.